The van der Waals surface area contributed by atoms with Crippen LogP contribution in [0.3, 0.4) is 0 Å². The van der Waals surface area contributed by atoms with Crippen molar-refractivity contribution in [3.8, 4) is 0 Å². The van der Waals surface area contributed by atoms with Crippen molar-refractivity contribution < 1.29 is 5.11 Å². The summed E-state index contributed by atoms with van der Waals surface area (Å²) < 4.78 is 1.87. The van der Waals surface area contributed by atoms with Crippen molar-refractivity contribution >= 4 is 5.52 Å². The second kappa shape index (κ2) is 5.09. The van der Waals surface area contributed by atoms with Crippen LogP contribution in [0.2, 0.25) is 0 Å². The molecule has 0 fully saturated rings. The van der Waals surface area contributed by atoms with Crippen LogP contribution in [-0.2, 0) is 6.54 Å². The van der Waals surface area contributed by atoms with Gasteiger partial charge in [-0.1, -0.05) is 13.0 Å². The number of aromatic nitrogens is 2. The van der Waals surface area contributed by atoms with Crippen molar-refractivity contribution in [2.45, 2.75) is 13.5 Å². The third-order valence-corrected chi connectivity index (χ3v) is 2.63. The van der Waals surface area contributed by atoms with E-state index < -0.39 is 0 Å². The molecule has 0 radical (unpaired) electrons. The molecular weight excluding hydrogens is 202 g/mol. The highest BCUT2D eigenvalue weighted by Gasteiger charge is 2.03. The van der Waals surface area contributed by atoms with Gasteiger partial charge in [0.05, 0.1) is 11.7 Å². The minimum Gasteiger partial charge on any atom is -0.396 e. The molecule has 2 aromatic rings. The van der Waals surface area contributed by atoms with Crippen LogP contribution < -0.4 is 5.32 Å². The van der Waals surface area contributed by atoms with Gasteiger partial charge in [0.1, 0.15) is 0 Å². The number of rotatable bonds is 5. The van der Waals surface area contributed by atoms with Gasteiger partial charge in [0.15, 0.2) is 0 Å². The summed E-state index contributed by atoms with van der Waals surface area (Å²) in [5, 5.41) is 16.5. The Morgan fingerprint density at radius 2 is 2.38 bits per heavy atom. The highest BCUT2D eigenvalue weighted by molar-refractivity contribution is 5.53. The van der Waals surface area contributed by atoms with Crippen LogP contribution in [0, 0.1) is 5.92 Å². The van der Waals surface area contributed by atoms with Gasteiger partial charge in [-0.05, 0) is 18.1 Å². The largest absolute Gasteiger partial charge is 0.396 e. The average molecular weight is 219 g/mol. The van der Waals surface area contributed by atoms with Gasteiger partial charge in [-0.25, -0.2) is 4.52 Å². The molecule has 0 aromatic carbocycles. The molecule has 2 N–H and O–H groups in total. The summed E-state index contributed by atoms with van der Waals surface area (Å²) in [4.78, 5) is 0. The molecule has 0 aliphatic carbocycles. The molecule has 2 rings (SSSR count). The summed E-state index contributed by atoms with van der Waals surface area (Å²) in [5.41, 5.74) is 2.32. The third-order valence-electron chi connectivity index (χ3n) is 2.63. The molecule has 2 aromatic heterocycles. The topological polar surface area (TPSA) is 49.6 Å². The molecular formula is C12H17N3O. The van der Waals surface area contributed by atoms with Crippen molar-refractivity contribution in [3.63, 3.8) is 0 Å². The van der Waals surface area contributed by atoms with Gasteiger partial charge in [0.25, 0.3) is 0 Å². The number of nitrogens with zero attached hydrogens (tertiary/aromatic N) is 2. The SMILES string of the molecule is CC(CO)CNCc1cnn2ccccc12. The van der Waals surface area contributed by atoms with Crippen LogP contribution in [0.25, 0.3) is 5.52 Å². The number of pyridine rings is 1. The van der Waals surface area contributed by atoms with Gasteiger partial charge in [0, 0.05) is 31.5 Å². The van der Waals surface area contributed by atoms with Crippen LogP contribution in [-0.4, -0.2) is 27.9 Å². The van der Waals surface area contributed by atoms with Gasteiger partial charge >= 0.3 is 0 Å². The second-order valence-corrected chi connectivity index (χ2v) is 4.12. The molecule has 0 aliphatic heterocycles. The van der Waals surface area contributed by atoms with Crippen molar-refractivity contribution in [2.24, 2.45) is 5.92 Å². The predicted molar refractivity (Wildman–Crippen MR) is 63.1 cm³/mol. The minimum atomic E-state index is 0.224. The number of hydrogen-bond acceptors (Lipinski definition) is 3. The minimum absolute atomic E-state index is 0.224. The molecule has 0 bridgehead atoms. The van der Waals surface area contributed by atoms with Crippen molar-refractivity contribution in [3.05, 3.63) is 36.2 Å². The quantitative estimate of drug-likeness (QED) is 0.790. The second-order valence-electron chi connectivity index (χ2n) is 4.12. The van der Waals surface area contributed by atoms with Gasteiger partial charge in [-0.3, -0.25) is 0 Å². The Labute approximate surface area is 94.9 Å². The van der Waals surface area contributed by atoms with E-state index in [2.05, 4.69) is 16.5 Å². The van der Waals surface area contributed by atoms with Gasteiger partial charge in [0.2, 0.25) is 0 Å². The first-order chi connectivity index (χ1) is 7.81. The van der Waals surface area contributed by atoms with Crippen molar-refractivity contribution in [2.75, 3.05) is 13.2 Å². The molecule has 4 heteroatoms. The van der Waals surface area contributed by atoms with E-state index in [0.29, 0.717) is 5.92 Å². The fourth-order valence-electron chi connectivity index (χ4n) is 1.64. The zero-order chi connectivity index (χ0) is 11.4. The standard InChI is InChI=1S/C12H17N3O/c1-10(9-16)6-13-7-11-8-14-15-5-3-2-4-12(11)15/h2-5,8,10,13,16H,6-7,9H2,1H3. The first kappa shape index (κ1) is 11.1. The average Bonchev–Trinajstić information content (AvgIpc) is 2.73. The Morgan fingerprint density at radius 1 is 1.50 bits per heavy atom. The van der Waals surface area contributed by atoms with Crippen molar-refractivity contribution in [1.82, 2.24) is 14.9 Å². The Morgan fingerprint density at radius 3 is 3.19 bits per heavy atom. The highest BCUT2D eigenvalue weighted by Crippen LogP contribution is 2.09. The van der Waals surface area contributed by atoms with E-state index in [-0.39, 0.29) is 6.61 Å². The molecule has 0 amide bonds. The van der Waals surface area contributed by atoms with Crippen LogP contribution in [0.15, 0.2) is 30.6 Å². The van der Waals surface area contributed by atoms with E-state index in [0.717, 1.165) is 18.6 Å². The lowest BCUT2D eigenvalue weighted by Gasteiger charge is -2.08. The summed E-state index contributed by atoms with van der Waals surface area (Å²) in [5.74, 6) is 0.293. The molecule has 0 saturated heterocycles. The van der Waals surface area contributed by atoms with Crippen LogP contribution >= 0.6 is 0 Å². The molecule has 1 atom stereocenters. The molecule has 0 saturated carbocycles. The van der Waals surface area contributed by atoms with E-state index in [1.807, 2.05) is 36.0 Å². The van der Waals surface area contributed by atoms with Crippen LogP contribution in [0.5, 0.6) is 0 Å². The van der Waals surface area contributed by atoms with Crippen LogP contribution in [0.1, 0.15) is 12.5 Å². The maximum absolute atomic E-state index is 8.91. The molecule has 16 heavy (non-hydrogen) atoms. The van der Waals surface area contributed by atoms with E-state index in [9.17, 15) is 0 Å². The Kier molecular flexibility index (Phi) is 3.54. The fourth-order valence-corrected chi connectivity index (χ4v) is 1.64. The van der Waals surface area contributed by atoms with E-state index in [1.165, 1.54) is 5.56 Å². The lowest BCUT2D eigenvalue weighted by atomic mass is 10.2. The highest BCUT2D eigenvalue weighted by atomic mass is 16.3. The van der Waals surface area contributed by atoms with Gasteiger partial charge in [-0.15, -0.1) is 0 Å². The summed E-state index contributed by atoms with van der Waals surface area (Å²) in [7, 11) is 0. The lowest BCUT2D eigenvalue weighted by molar-refractivity contribution is 0.233. The zero-order valence-electron chi connectivity index (χ0n) is 9.43. The lowest BCUT2D eigenvalue weighted by Crippen LogP contribution is -2.22. The van der Waals surface area contributed by atoms with E-state index >= 15 is 0 Å². The summed E-state index contributed by atoms with van der Waals surface area (Å²) in [6, 6.07) is 6.03. The summed E-state index contributed by atoms with van der Waals surface area (Å²) in [6.07, 6.45) is 3.82. The molecule has 0 aliphatic rings. The molecule has 0 spiro atoms. The maximum Gasteiger partial charge on any atom is 0.0706 e. The van der Waals surface area contributed by atoms with Gasteiger partial charge < -0.3 is 10.4 Å². The van der Waals surface area contributed by atoms with Crippen LogP contribution in [0.4, 0.5) is 0 Å². The van der Waals surface area contributed by atoms with E-state index in [4.69, 9.17) is 5.11 Å². The number of fused-ring (bicyclic) bond motifs is 1. The number of hydrogen-bond donors (Lipinski definition) is 2. The molecule has 4 nitrogen and oxygen atoms in total. The van der Waals surface area contributed by atoms with Gasteiger partial charge in [-0.2, -0.15) is 5.10 Å². The number of nitrogens with one attached hydrogen (secondary N) is 1. The normalized spacial score (nSPS) is 13.1. The summed E-state index contributed by atoms with van der Waals surface area (Å²) >= 11 is 0. The first-order valence-corrected chi connectivity index (χ1v) is 5.54. The third kappa shape index (κ3) is 2.40. The Balaban J connectivity index is 1.99. The smallest absolute Gasteiger partial charge is 0.0706 e. The maximum atomic E-state index is 8.91. The Bertz CT molecular complexity index is 452. The number of aliphatic hydroxyl groups is 1. The predicted octanol–water partition coefficient (Wildman–Crippen LogP) is 1.05. The van der Waals surface area contributed by atoms with E-state index in [1.54, 1.807) is 0 Å². The first-order valence-electron chi connectivity index (χ1n) is 5.54. The fraction of sp³-hybridized carbons (Fsp3) is 0.417. The molecule has 1 unspecified atom stereocenters. The zero-order valence-corrected chi connectivity index (χ0v) is 9.43. The van der Waals surface area contributed by atoms with Crippen molar-refractivity contribution in [1.29, 1.82) is 0 Å². The monoisotopic (exact) mass is 219 g/mol. The summed E-state index contributed by atoms with van der Waals surface area (Å²) in [6.45, 7) is 3.85. The molecule has 86 valence electrons. The Hall–Kier alpha value is -1.39. The number of aliphatic hydroxyl groups excluding tert-OH is 1. The molecule has 2 heterocycles.